The molecular weight excluding hydrogens is 185 g/mol. The summed E-state index contributed by atoms with van der Waals surface area (Å²) in [5, 5.41) is 3.86. The average molecular weight is 193 g/mol. The normalized spacial score (nSPS) is 14.9. The van der Waals surface area contributed by atoms with Crippen LogP contribution in [0.25, 0.3) is 0 Å². The highest BCUT2D eigenvalue weighted by Crippen LogP contribution is 2.14. The molecule has 4 nitrogen and oxygen atoms in total. The largest absolute Gasteiger partial charge is 0.337 e. The van der Waals surface area contributed by atoms with Gasteiger partial charge in [-0.1, -0.05) is 6.07 Å². The molecule has 0 radical (unpaired) electrons. The van der Waals surface area contributed by atoms with E-state index in [9.17, 15) is 9.18 Å². The minimum absolute atomic E-state index is 0.344. The monoisotopic (exact) mass is 193 g/mol. The maximum absolute atomic E-state index is 12.8. The molecular formula is C9H8FN3O. The molecule has 0 fully saturated rings. The van der Waals surface area contributed by atoms with Crippen molar-refractivity contribution in [3.05, 3.63) is 42.5 Å². The Bertz CT molecular complexity index is 391. The van der Waals surface area contributed by atoms with Crippen molar-refractivity contribution in [3.8, 4) is 0 Å². The summed E-state index contributed by atoms with van der Waals surface area (Å²) in [6.07, 6.45) is 3.07. The summed E-state index contributed by atoms with van der Waals surface area (Å²) in [5.74, 6) is -0.344. The minimum atomic E-state index is -0.350. The van der Waals surface area contributed by atoms with Gasteiger partial charge in [0.15, 0.2) is 0 Å². The van der Waals surface area contributed by atoms with Crippen LogP contribution in [0.4, 0.5) is 14.9 Å². The van der Waals surface area contributed by atoms with Crippen molar-refractivity contribution >= 4 is 11.7 Å². The molecule has 2 amide bonds. The third-order valence-electron chi connectivity index (χ3n) is 1.75. The molecule has 1 aromatic carbocycles. The lowest BCUT2D eigenvalue weighted by atomic mass is 10.3. The van der Waals surface area contributed by atoms with Gasteiger partial charge >= 0.3 is 6.03 Å². The van der Waals surface area contributed by atoms with Crippen LogP contribution in [0.3, 0.4) is 0 Å². The Morgan fingerprint density at radius 2 is 2.21 bits per heavy atom. The summed E-state index contributed by atoms with van der Waals surface area (Å²) in [4.78, 5) is 10.9. The summed E-state index contributed by atoms with van der Waals surface area (Å²) >= 11 is 0. The zero-order valence-electron chi connectivity index (χ0n) is 7.20. The third kappa shape index (κ3) is 1.66. The highest BCUT2D eigenvalue weighted by atomic mass is 19.1. The Balaban J connectivity index is 2.26. The third-order valence-corrected chi connectivity index (χ3v) is 1.75. The summed E-state index contributed by atoms with van der Waals surface area (Å²) in [6, 6.07) is 5.59. The van der Waals surface area contributed by atoms with Crippen LogP contribution in [0.15, 0.2) is 36.7 Å². The van der Waals surface area contributed by atoms with Crippen LogP contribution in [0.2, 0.25) is 0 Å². The van der Waals surface area contributed by atoms with E-state index in [0.29, 0.717) is 5.69 Å². The lowest BCUT2D eigenvalue weighted by Crippen LogP contribution is -2.46. The fourth-order valence-corrected chi connectivity index (χ4v) is 1.14. The summed E-state index contributed by atoms with van der Waals surface area (Å²) < 4.78 is 12.8. The quantitative estimate of drug-likeness (QED) is 0.706. The van der Waals surface area contributed by atoms with Crippen LogP contribution in [-0.2, 0) is 0 Å². The standard InChI is InChI=1S/C9H8FN3O/c10-7-2-1-3-8(6-7)13-5-4-11-9(14)12-13/h1-6H,(H2,11,12,14). The smallest absolute Gasteiger partial charge is 0.312 e. The average Bonchev–Trinajstić information content (AvgIpc) is 2.18. The minimum Gasteiger partial charge on any atom is -0.312 e. The molecule has 14 heavy (non-hydrogen) atoms. The van der Waals surface area contributed by atoms with E-state index in [2.05, 4.69) is 10.7 Å². The van der Waals surface area contributed by atoms with Gasteiger partial charge in [-0.2, -0.15) is 0 Å². The molecule has 1 aliphatic heterocycles. The van der Waals surface area contributed by atoms with E-state index in [1.807, 2.05) is 0 Å². The zero-order chi connectivity index (χ0) is 9.97. The summed E-state index contributed by atoms with van der Waals surface area (Å²) in [5.41, 5.74) is 3.06. The topological polar surface area (TPSA) is 44.4 Å². The number of hydrazine groups is 1. The van der Waals surface area contributed by atoms with Crippen LogP contribution in [0.5, 0.6) is 0 Å². The van der Waals surface area contributed by atoms with Gasteiger partial charge in [0.25, 0.3) is 0 Å². The molecule has 72 valence electrons. The number of carbonyl (C=O) groups is 1. The number of anilines is 1. The molecule has 5 heteroatoms. The van der Waals surface area contributed by atoms with E-state index in [-0.39, 0.29) is 11.8 Å². The number of halogens is 1. The Morgan fingerprint density at radius 1 is 1.36 bits per heavy atom. The highest BCUT2D eigenvalue weighted by molar-refractivity contribution is 5.79. The first kappa shape index (κ1) is 8.55. The van der Waals surface area contributed by atoms with Gasteiger partial charge in [0, 0.05) is 12.4 Å². The Labute approximate surface area is 80.0 Å². The highest BCUT2D eigenvalue weighted by Gasteiger charge is 2.10. The predicted octanol–water partition coefficient (Wildman–Crippen LogP) is 1.33. The van der Waals surface area contributed by atoms with Gasteiger partial charge in [0.1, 0.15) is 5.82 Å². The second kappa shape index (κ2) is 3.37. The number of rotatable bonds is 1. The molecule has 0 bridgehead atoms. The first-order chi connectivity index (χ1) is 6.75. The van der Waals surface area contributed by atoms with E-state index in [4.69, 9.17) is 0 Å². The second-order valence-electron chi connectivity index (χ2n) is 2.75. The van der Waals surface area contributed by atoms with Crippen molar-refractivity contribution in [1.29, 1.82) is 0 Å². The van der Waals surface area contributed by atoms with Gasteiger partial charge in [-0.15, -0.1) is 0 Å². The fourth-order valence-electron chi connectivity index (χ4n) is 1.14. The number of urea groups is 1. The molecule has 0 aliphatic carbocycles. The molecule has 0 atom stereocenters. The summed E-state index contributed by atoms with van der Waals surface area (Å²) in [7, 11) is 0. The molecule has 0 spiro atoms. The van der Waals surface area contributed by atoms with Crippen LogP contribution in [-0.4, -0.2) is 6.03 Å². The molecule has 0 saturated carbocycles. The molecule has 0 saturated heterocycles. The van der Waals surface area contributed by atoms with Crippen molar-refractivity contribution in [2.24, 2.45) is 0 Å². The van der Waals surface area contributed by atoms with Crippen molar-refractivity contribution < 1.29 is 9.18 Å². The number of carbonyl (C=O) groups excluding carboxylic acids is 1. The molecule has 1 aromatic rings. The Hall–Kier alpha value is -2.04. The van der Waals surface area contributed by atoms with Crippen LogP contribution in [0, 0.1) is 5.82 Å². The first-order valence-electron chi connectivity index (χ1n) is 4.04. The maximum Gasteiger partial charge on any atom is 0.337 e. The molecule has 0 aromatic heterocycles. The number of hydrogen-bond donors (Lipinski definition) is 2. The molecule has 2 N–H and O–H groups in total. The Kier molecular flexibility index (Phi) is 2.06. The van der Waals surface area contributed by atoms with E-state index >= 15 is 0 Å². The predicted molar refractivity (Wildman–Crippen MR) is 49.7 cm³/mol. The van der Waals surface area contributed by atoms with Crippen molar-refractivity contribution in [1.82, 2.24) is 10.7 Å². The summed E-state index contributed by atoms with van der Waals surface area (Å²) in [6.45, 7) is 0. The zero-order valence-corrected chi connectivity index (χ0v) is 7.20. The van der Waals surface area contributed by atoms with Crippen LogP contribution < -0.4 is 15.8 Å². The second-order valence-corrected chi connectivity index (χ2v) is 2.75. The van der Waals surface area contributed by atoms with Crippen molar-refractivity contribution in [2.45, 2.75) is 0 Å². The van der Waals surface area contributed by atoms with Gasteiger partial charge in [-0.05, 0) is 18.2 Å². The molecule has 1 heterocycles. The van der Waals surface area contributed by atoms with E-state index in [0.717, 1.165) is 0 Å². The molecule has 0 unspecified atom stereocenters. The Morgan fingerprint density at radius 3 is 2.93 bits per heavy atom. The number of benzene rings is 1. The number of nitrogens with one attached hydrogen (secondary N) is 2. The SMILES string of the molecule is O=C1NC=CN(c2cccc(F)c2)N1. The van der Waals surface area contributed by atoms with Crippen LogP contribution in [0.1, 0.15) is 0 Å². The van der Waals surface area contributed by atoms with Crippen molar-refractivity contribution in [2.75, 3.05) is 5.01 Å². The lowest BCUT2D eigenvalue weighted by molar-refractivity contribution is 0.243. The van der Waals surface area contributed by atoms with Gasteiger partial charge in [-0.25, -0.2) is 14.6 Å². The van der Waals surface area contributed by atoms with Gasteiger partial charge in [0.05, 0.1) is 5.69 Å². The van der Waals surface area contributed by atoms with E-state index in [1.54, 1.807) is 18.3 Å². The number of hydrogen-bond acceptors (Lipinski definition) is 2. The molecule has 2 rings (SSSR count). The number of amides is 2. The molecule has 1 aliphatic rings. The first-order valence-corrected chi connectivity index (χ1v) is 4.04. The van der Waals surface area contributed by atoms with Gasteiger partial charge in [-0.3, -0.25) is 5.01 Å². The van der Waals surface area contributed by atoms with Gasteiger partial charge < -0.3 is 5.32 Å². The van der Waals surface area contributed by atoms with E-state index in [1.165, 1.54) is 23.3 Å². The fraction of sp³-hybridized carbons (Fsp3) is 0. The number of nitrogens with zero attached hydrogens (tertiary/aromatic N) is 1. The maximum atomic E-state index is 12.8. The van der Waals surface area contributed by atoms with Crippen molar-refractivity contribution in [3.63, 3.8) is 0 Å². The van der Waals surface area contributed by atoms with Crippen LogP contribution >= 0.6 is 0 Å². The lowest BCUT2D eigenvalue weighted by Gasteiger charge is -2.24. The van der Waals surface area contributed by atoms with Gasteiger partial charge in [0.2, 0.25) is 0 Å². The van der Waals surface area contributed by atoms with E-state index < -0.39 is 0 Å².